The van der Waals surface area contributed by atoms with Gasteiger partial charge in [-0.15, -0.1) is 0 Å². The first kappa shape index (κ1) is 14.0. The Kier molecular flexibility index (Phi) is 4.87. The maximum atomic E-state index is 12.2. The highest BCUT2D eigenvalue weighted by Gasteiger charge is 2.33. The van der Waals surface area contributed by atoms with Gasteiger partial charge in [-0.05, 0) is 25.0 Å². The Morgan fingerprint density at radius 3 is 3.05 bits per heavy atom. The Bertz CT molecular complexity index is 410. The Labute approximate surface area is 113 Å². The highest BCUT2D eigenvalue weighted by molar-refractivity contribution is 5.77. The van der Waals surface area contributed by atoms with Crippen molar-refractivity contribution in [1.82, 2.24) is 9.88 Å². The number of rotatable bonds is 4. The normalized spacial score (nSPS) is 24.3. The summed E-state index contributed by atoms with van der Waals surface area (Å²) in [6.07, 6.45) is 3.98. The topological polar surface area (TPSA) is 68.5 Å². The van der Waals surface area contributed by atoms with E-state index < -0.39 is 0 Å². The van der Waals surface area contributed by atoms with Gasteiger partial charge in [0.2, 0.25) is 5.91 Å². The summed E-state index contributed by atoms with van der Waals surface area (Å²) in [5.74, 6) is 0.139. The van der Waals surface area contributed by atoms with Crippen molar-refractivity contribution in [2.75, 3.05) is 20.3 Å². The third kappa shape index (κ3) is 3.30. The van der Waals surface area contributed by atoms with Crippen LogP contribution in [0.2, 0.25) is 0 Å². The number of nitrogens with two attached hydrogens (primary N) is 1. The molecule has 2 heterocycles. The molecule has 1 aliphatic heterocycles. The fraction of sp³-hybridized carbons (Fsp3) is 0.571. The van der Waals surface area contributed by atoms with Gasteiger partial charge in [0.15, 0.2) is 0 Å². The van der Waals surface area contributed by atoms with Gasteiger partial charge in [0.1, 0.15) is 0 Å². The molecular weight excluding hydrogens is 242 g/mol. The molecule has 104 valence electrons. The number of ether oxygens (including phenoxy) is 1. The summed E-state index contributed by atoms with van der Waals surface area (Å²) in [6.45, 7) is 1.08. The summed E-state index contributed by atoms with van der Waals surface area (Å²) in [6, 6.07) is 5.51. The number of nitrogens with zero attached hydrogens (tertiary/aromatic N) is 2. The van der Waals surface area contributed by atoms with Crippen LogP contribution < -0.4 is 5.73 Å². The van der Waals surface area contributed by atoms with Gasteiger partial charge in [0.25, 0.3) is 0 Å². The van der Waals surface area contributed by atoms with Crippen LogP contribution in [0, 0.1) is 0 Å². The molecule has 1 amide bonds. The van der Waals surface area contributed by atoms with E-state index >= 15 is 0 Å². The quantitative estimate of drug-likeness (QED) is 0.883. The van der Waals surface area contributed by atoms with E-state index in [0.717, 1.165) is 18.5 Å². The van der Waals surface area contributed by atoms with E-state index in [2.05, 4.69) is 4.98 Å². The lowest BCUT2D eigenvalue weighted by Gasteiger charge is -2.33. The molecule has 2 unspecified atom stereocenters. The van der Waals surface area contributed by atoms with Gasteiger partial charge >= 0.3 is 0 Å². The molecule has 1 fully saturated rings. The van der Waals surface area contributed by atoms with Crippen LogP contribution in [0.1, 0.15) is 31.0 Å². The van der Waals surface area contributed by atoms with Crippen molar-refractivity contribution >= 4 is 5.91 Å². The molecule has 5 heteroatoms. The maximum Gasteiger partial charge on any atom is 0.223 e. The lowest BCUT2D eigenvalue weighted by atomic mass is 10.0. The smallest absolute Gasteiger partial charge is 0.223 e. The Morgan fingerprint density at radius 1 is 1.53 bits per heavy atom. The monoisotopic (exact) mass is 263 g/mol. The van der Waals surface area contributed by atoms with E-state index in [4.69, 9.17) is 10.5 Å². The Balaban J connectivity index is 2.28. The first-order valence-corrected chi connectivity index (χ1v) is 6.69. The number of aromatic nitrogens is 1. The van der Waals surface area contributed by atoms with E-state index in [-0.39, 0.29) is 18.0 Å². The van der Waals surface area contributed by atoms with E-state index in [1.54, 1.807) is 13.3 Å². The first-order chi connectivity index (χ1) is 9.24. The zero-order valence-electron chi connectivity index (χ0n) is 11.3. The summed E-state index contributed by atoms with van der Waals surface area (Å²) >= 11 is 0. The predicted molar refractivity (Wildman–Crippen MR) is 72.4 cm³/mol. The van der Waals surface area contributed by atoms with Crippen LogP contribution in [-0.4, -0.2) is 42.1 Å². The standard InChI is InChI=1S/C14H21N3O2/c1-19-10-9-17-13(18)7-4-5-11(15)14(17)12-6-2-3-8-16-12/h2-3,6,8,11,14H,4-5,7,9-10,15H2,1H3. The second kappa shape index (κ2) is 6.63. The second-order valence-electron chi connectivity index (χ2n) is 4.84. The number of carbonyl (C=O) groups excluding carboxylic acids is 1. The molecule has 1 saturated heterocycles. The van der Waals surface area contributed by atoms with Gasteiger partial charge in [-0.1, -0.05) is 6.07 Å². The number of hydrogen-bond acceptors (Lipinski definition) is 4. The molecule has 2 N–H and O–H groups in total. The van der Waals surface area contributed by atoms with Crippen LogP contribution in [0.3, 0.4) is 0 Å². The van der Waals surface area contributed by atoms with Crippen molar-refractivity contribution in [1.29, 1.82) is 0 Å². The van der Waals surface area contributed by atoms with Gasteiger partial charge in [-0.2, -0.15) is 0 Å². The summed E-state index contributed by atoms with van der Waals surface area (Å²) < 4.78 is 5.10. The van der Waals surface area contributed by atoms with Gasteiger partial charge in [0.05, 0.1) is 18.3 Å². The molecule has 0 saturated carbocycles. The van der Waals surface area contributed by atoms with Crippen LogP contribution in [-0.2, 0) is 9.53 Å². The highest BCUT2D eigenvalue weighted by atomic mass is 16.5. The maximum absolute atomic E-state index is 12.2. The van der Waals surface area contributed by atoms with Crippen molar-refractivity contribution in [3.05, 3.63) is 30.1 Å². The number of methoxy groups -OCH3 is 1. The summed E-state index contributed by atoms with van der Waals surface area (Å²) in [5, 5.41) is 0. The molecular formula is C14H21N3O2. The minimum absolute atomic E-state index is 0.0711. The fourth-order valence-electron chi connectivity index (χ4n) is 2.56. The van der Waals surface area contributed by atoms with Gasteiger partial charge in [-0.3, -0.25) is 9.78 Å². The largest absolute Gasteiger partial charge is 0.383 e. The molecule has 0 aliphatic carbocycles. The van der Waals surface area contributed by atoms with E-state index in [9.17, 15) is 4.79 Å². The predicted octanol–water partition coefficient (Wildman–Crippen LogP) is 1.11. The molecule has 0 radical (unpaired) electrons. The van der Waals surface area contributed by atoms with E-state index in [0.29, 0.717) is 19.6 Å². The van der Waals surface area contributed by atoms with Crippen molar-refractivity contribution in [2.45, 2.75) is 31.3 Å². The van der Waals surface area contributed by atoms with E-state index in [1.807, 2.05) is 23.1 Å². The summed E-state index contributed by atoms with van der Waals surface area (Å²) in [4.78, 5) is 18.4. The summed E-state index contributed by atoms with van der Waals surface area (Å²) in [7, 11) is 1.64. The lowest BCUT2D eigenvalue weighted by Crippen LogP contribution is -2.44. The van der Waals surface area contributed by atoms with Crippen molar-refractivity contribution < 1.29 is 9.53 Å². The first-order valence-electron chi connectivity index (χ1n) is 6.69. The third-order valence-corrected chi connectivity index (χ3v) is 3.52. The highest BCUT2D eigenvalue weighted by Crippen LogP contribution is 2.28. The van der Waals surface area contributed by atoms with Crippen molar-refractivity contribution in [3.8, 4) is 0 Å². The Morgan fingerprint density at radius 2 is 2.37 bits per heavy atom. The molecule has 0 aromatic carbocycles. The number of pyridine rings is 1. The fourth-order valence-corrected chi connectivity index (χ4v) is 2.56. The van der Waals surface area contributed by atoms with E-state index in [1.165, 1.54) is 0 Å². The second-order valence-corrected chi connectivity index (χ2v) is 4.84. The van der Waals surface area contributed by atoms with Gasteiger partial charge in [0, 0.05) is 32.3 Å². The van der Waals surface area contributed by atoms with Crippen LogP contribution in [0.4, 0.5) is 0 Å². The molecule has 5 nitrogen and oxygen atoms in total. The molecule has 19 heavy (non-hydrogen) atoms. The number of amides is 1. The molecule has 1 aromatic rings. The van der Waals surface area contributed by atoms with Crippen LogP contribution in [0.15, 0.2) is 24.4 Å². The zero-order valence-corrected chi connectivity index (χ0v) is 11.3. The molecule has 0 bridgehead atoms. The number of hydrogen-bond donors (Lipinski definition) is 1. The number of carbonyl (C=O) groups is 1. The average Bonchev–Trinajstić information content (AvgIpc) is 2.56. The minimum atomic E-state index is -0.147. The SMILES string of the molecule is COCCN1C(=O)CCCC(N)C1c1ccccn1. The minimum Gasteiger partial charge on any atom is -0.383 e. The Hall–Kier alpha value is -1.46. The van der Waals surface area contributed by atoms with Crippen LogP contribution in [0.25, 0.3) is 0 Å². The molecule has 1 aliphatic rings. The van der Waals surface area contributed by atoms with Crippen molar-refractivity contribution in [2.24, 2.45) is 5.73 Å². The van der Waals surface area contributed by atoms with Gasteiger partial charge in [-0.25, -0.2) is 0 Å². The zero-order chi connectivity index (χ0) is 13.7. The number of likely N-dealkylation sites (tertiary alicyclic amines) is 1. The van der Waals surface area contributed by atoms with Crippen molar-refractivity contribution in [3.63, 3.8) is 0 Å². The molecule has 0 spiro atoms. The van der Waals surface area contributed by atoms with Gasteiger partial charge < -0.3 is 15.4 Å². The van der Waals surface area contributed by atoms with Crippen LogP contribution in [0.5, 0.6) is 0 Å². The molecule has 2 atom stereocenters. The third-order valence-electron chi connectivity index (χ3n) is 3.52. The molecule has 2 rings (SSSR count). The lowest BCUT2D eigenvalue weighted by molar-refractivity contribution is -0.134. The van der Waals surface area contributed by atoms with Crippen LogP contribution >= 0.6 is 0 Å². The molecule has 1 aromatic heterocycles. The average molecular weight is 263 g/mol. The summed E-state index contributed by atoms with van der Waals surface area (Å²) in [5.41, 5.74) is 7.12.